The van der Waals surface area contributed by atoms with Crippen LogP contribution in [0.2, 0.25) is 0 Å². The van der Waals surface area contributed by atoms with E-state index >= 15 is 0 Å². The van der Waals surface area contributed by atoms with Crippen LogP contribution in [0.15, 0.2) is 0 Å². The molecule has 0 aromatic carbocycles. The number of likely N-dealkylation sites (tertiary alicyclic amines) is 1. The Morgan fingerprint density at radius 1 is 1.24 bits per heavy atom. The molecule has 0 aromatic heterocycles. The van der Waals surface area contributed by atoms with E-state index in [1.807, 2.05) is 0 Å². The zero-order valence-corrected chi connectivity index (χ0v) is 15.2. The maximum absolute atomic E-state index is 3.64. The maximum Gasteiger partial charge on any atom is 0.0223 e. The van der Waals surface area contributed by atoms with Crippen LogP contribution < -0.4 is 5.32 Å². The fraction of sp³-hybridized carbons (Fsp3) is 1.00. The van der Waals surface area contributed by atoms with Crippen molar-refractivity contribution in [2.24, 2.45) is 5.41 Å². The van der Waals surface area contributed by atoms with E-state index in [2.05, 4.69) is 49.9 Å². The van der Waals surface area contributed by atoms with E-state index < -0.39 is 0 Å². The predicted octanol–water partition coefficient (Wildman–Crippen LogP) is 3.21. The van der Waals surface area contributed by atoms with Crippen molar-refractivity contribution in [3.63, 3.8) is 0 Å². The minimum atomic E-state index is 0.411. The predicted molar refractivity (Wildman–Crippen MR) is 93.9 cm³/mol. The molecule has 1 aliphatic heterocycles. The average molecular weight is 298 g/mol. The fourth-order valence-electron chi connectivity index (χ4n) is 3.99. The summed E-state index contributed by atoms with van der Waals surface area (Å²) in [7, 11) is 2.32. The summed E-state index contributed by atoms with van der Waals surface area (Å²) >= 11 is 0. The van der Waals surface area contributed by atoms with Gasteiger partial charge in [0.1, 0.15) is 0 Å². The van der Waals surface area contributed by atoms with E-state index in [-0.39, 0.29) is 0 Å². The van der Waals surface area contributed by atoms with E-state index in [1.54, 1.807) is 0 Å². The Kier molecular flexibility index (Phi) is 8.84. The quantitative estimate of drug-likeness (QED) is 0.591. The first-order valence-corrected chi connectivity index (χ1v) is 9.18. The summed E-state index contributed by atoms with van der Waals surface area (Å²) in [5, 5.41) is 3.64. The van der Waals surface area contributed by atoms with Crippen LogP contribution in [-0.2, 0) is 0 Å². The SMILES string of the molecule is CCCNCC(C)(CCC)CN(C)CC1CCCN1CC. The van der Waals surface area contributed by atoms with Gasteiger partial charge in [0.15, 0.2) is 0 Å². The molecule has 3 nitrogen and oxygen atoms in total. The molecule has 1 aliphatic rings. The topological polar surface area (TPSA) is 18.5 Å². The lowest BCUT2D eigenvalue weighted by atomic mass is 9.84. The molecule has 126 valence electrons. The molecule has 0 saturated carbocycles. The summed E-state index contributed by atoms with van der Waals surface area (Å²) in [6.45, 7) is 16.6. The summed E-state index contributed by atoms with van der Waals surface area (Å²) in [6, 6.07) is 0.787. The number of nitrogens with one attached hydrogen (secondary N) is 1. The van der Waals surface area contributed by atoms with Crippen molar-refractivity contribution in [2.45, 2.75) is 65.8 Å². The molecular formula is C18H39N3. The standard InChI is InChI=1S/C18H39N3/c1-6-11-18(4,15-19-12-7-2)16-20(5)14-17-10-9-13-21(17)8-3/h17,19H,6-16H2,1-5H3. The fourth-order valence-corrected chi connectivity index (χ4v) is 3.99. The van der Waals surface area contributed by atoms with Crippen molar-refractivity contribution in [1.82, 2.24) is 15.1 Å². The monoisotopic (exact) mass is 297 g/mol. The molecule has 0 radical (unpaired) electrons. The van der Waals surface area contributed by atoms with Gasteiger partial charge in [0.2, 0.25) is 0 Å². The largest absolute Gasteiger partial charge is 0.316 e. The molecule has 0 bridgehead atoms. The molecule has 21 heavy (non-hydrogen) atoms. The summed E-state index contributed by atoms with van der Waals surface area (Å²) in [5.74, 6) is 0. The Balaban J connectivity index is 2.45. The van der Waals surface area contributed by atoms with E-state index in [9.17, 15) is 0 Å². The van der Waals surface area contributed by atoms with Crippen molar-refractivity contribution >= 4 is 0 Å². The van der Waals surface area contributed by atoms with Crippen LogP contribution in [0.1, 0.15) is 59.8 Å². The molecule has 0 spiro atoms. The van der Waals surface area contributed by atoms with Crippen LogP contribution in [0.5, 0.6) is 0 Å². The van der Waals surface area contributed by atoms with E-state index in [0.29, 0.717) is 5.41 Å². The van der Waals surface area contributed by atoms with E-state index in [0.717, 1.165) is 19.1 Å². The third kappa shape index (κ3) is 6.66. The highest BCUT2D eigenvalue weighted by Gasteiger charge is 2.28. The second-order valence-corrected chi connectivity index (χ2v) is 7.36. The molecule has 0 aromatic rings. The Morgan fingerprint density at radius 2 is 2.00 bits per heavy atom. The van der Waals surface area contributed by atoms with Crippen molar-refractivity contribution < 1.29 is 0 Å². The van der Waals surface area contributed by atoms with Gasteiger partial charge in [-0.15, -0.1) is 0 Å². The highest BCUT2D eigenvalue weighted by Crippen LogP contribution is 2.25. The molecule has 3 heteroatoms. The van der Waals surface area contributed by atoms with Crippen molar-refractivity contribution in [1.29, 1.82) is 0 Å². The third-order valence-electron chi connectivity index (χ3n) is 4.91. The van der Waals surface area contributed by atoms with Gasteiger partial charge in [-0.2, -0.15) is 0 Å². The molecule has 0 amide bonds. The van der Waals surface area contributed by atoms with Crippen LogP contribution in [-0.4, -0.2) is 62.2 Å². The van der Waals surface area contributed by atoms with Crippen LogP contribution in [0.25, 0.3) is 0 Å². The molecule has 1 heterocycles. The number of nitrogens with zero attached hydrogens (tertiary/aromatic N) is 2. The molecule has 1 fully saturated rings. The van der Waals surface area contributed by atoms with Gasteiger partial charge in [0.05, 0.1) is 0 Å². The third-order valence-corrected chi connectivity index (χ3v) is 4.91. The van der Waals surface area contributed by atoms with Gasteiger partial charge in [0.25, 0.3) is 0 Å². The van der Waals surface area contributed by atoms with Crippen molar-refractivity contribution in [3.05, 3.63) is 0 Å². The second kappa shape index (κ2) is 9.81. The van der Waals surface area contributed by atoms with E-state index in [4.69, 9.17) is 0 Å². The Hall–Kier alpha value is -0.120. The minimum Gasteiger partial charge on any atom is -0.316 e. The highest BCUT2D eigenvalue weighted by molar-refractivity contribution is 4.84. The summed E-state index contributed by atoms with van der Waals surface area (Å²) in [6.07, 6.45) is 6.60. The first-order chi connectivity index (χ1) is 10.0. The molecule has 0 aliphatic carbocycles. The second-order valence-electron chi connectivity index (χ2n) is 7.36. The van der Waals surface area contributed by atoms with Crippen LogP contribution in [0.4, 0.5) is 0 Å². The molecular weight excluding hydrogens is 258 g/mol. The van der Waals surface area contributed by atoms with Gasteiger partial charge in [-0.1, -0.05) is 34.1 Å². The van der Waals surface area contributed by atoms with Gasteiger partial charge in [-0.3, -0.25) is 4.90 Å². The average Bonchev–Trinajstić information content (AvgIpc) is 2.86. The number of likely N-dealkylation sites (N-methyl/N-ethyl adjacent to an activating group) is 2. The number of hydrogen-bond acceptors (Lipinski definition) is 3. The van der Waals surface area contributed by atoms with Crippen molar-refractivity contribution in [3.8, 4) is 0 Å². The summed E-state index contributed by atoms with van der Waals surface area (Å²) < 4.78 is 0. The Labute approximate surface area is 133 Å². The first-order valence-electron chi connectivity index (χ1n) is 9.18. The van der Waals surface area contributed by atoms with Gasteiger partial charge >= 0.3 is 0 Å². The smallest absolute Gasteiger partial charge is 0.0223 e. The Morgan fingerprint density at radius 3 is 2.62 bits per heavy atom. The van der Waals surface area contributed by atoms with Crippen LogP contribution in [0, 0.1) is 5.41 Å². The first kappa shape index (κ1) is 18.9. The number of hydrogen-bond donors (Lipinski definition) is 1. The van der Waals surface area contributed by atoms with Gasteiger partial charge in [0, 0.05) is 25.7 Å². The molecule has 1 saturated heterocycles. The molecule has 1 N–H and O–H groups in total. The zero-order chi connectivity index (χ0) is 15.7. The van der Waals surface area contributed by atoms with Crippen molar-refractivity contribution in [2.75, 3.05) is 46.3 Å². The van der Waals surface area contributed by atoms with Gasteiger partial charge in [-0.05, 0) is 57.8 Å². The molecule has 2 unspecified atom stereocenters. The van der Waals surface area contributed by atoms with Gasteiger partial charge in [-0.25, -0.2) is 0 Å². The van der Waals surface area contributed by atoms with E-state index in [1.165, 1.54) is 58.3 Å². The lowest BCUT2D eigenvalue weighted by Crippen LogP contribution is -2.45. The van der Waals surface area contributed by atoms with Gasteiger partial charge < -0.3 is 10.2 Å². The zero-order valence-electron chi connectivity index (χ0n) is 15.2. The lowest BCUT2D eigenvalue weighted by molar-refractivity contribution is 0.137. The molecule has 1 rings (SSSR count). The minimum absolute atomic E-state index is 0.411. The normalized spacial score (nSPS) is 22.9. The highest BCUT2D eigenvalue weighted by atomic mass is 15.2. The lowest BCUT2D eigenvalue weighted by Gasteiger charge is -2.36. The van der Waals surface area contributed by atoms with Crippen LogP contribution in [0.3, 0.4) is 0 Å². The number of rotatable bonds is 11. The maximum atomic E-state index is 3.64. The summed E-state index contributed by atoms with van der Waals surface area (Å²) in [5.41, 5.74) is 0.411. The van der Waals surface area contributed by atoms with Crippen LogP contribution >= 0.6 is 0 Å². The Bertz CT molecular complexity index is 269. The summed E-state index contributed by atoms with van der Waals surface area (Å²) in [4.78, 5) is 5.24. The molecule has 2 atom stereocenters.